The number of fused-ring (bicyclic) bond motifs is 1. The van der Waals surface area contributed by atoms with E-state index >= 15 is 0 Å². The molecule has 1 fully saturated rings. The highest BCUT2D eigenvalue weighted by Crippen LogP contribution is 2.17. The van der Waals surface area contributed by atoms with Gasteiger partial charge in [0.25, 0.3) is 5.91 Å². The first-order valence-corrected chi connectivity index (χ1v) is 8.80. The summed E-state index contributed by atoms with van der Waals surface area (Å²) in [6, 6.07) is 7.76. The van der Waals surface area contributed by atoms with Crippen LogP contribution in [-0.4, -0.2) is 50.1 Å². The van der Waals surface area contributed by atoms with Crippen molar-refractivity contribution in [1.82, 2.24) is 35.2 Å². The highest BCUT2D eigenvalue weighted by Gasteiger charge is 2.18. The number of aromatic nitrogens is 5. The number of amides is 1. The first-order chi connectivity index (χ1) is 12.7. The van der Waals surface area contributed by atoms with Crippen molar-refractivity contribution >= 4 is 29.3 Å². The normalized spacial score (nSPS) is 14.8. The van der Waals surface area contributed by atoms with Crippen molar-refractivity contribution in [2.75, 3.05) is 19.6 Å². The first-order valence-electron chi connectivity index (χ1n) is 8.80. The molecule has 0 radical (unpaired) electrons. The van der Waals surface area contributed by atoms with Crippen molar-refractivity contribution in [2.24, 2.45) is 0 Å². The molecule has 9 nitrogen and oxygen atoms in total. The molecule has 2 aromatic heterocycles. The number of hydrogen-bond donors (Lipinski definition) is 3. The molecule has 3 aromatic rings. The largest absolute Gasteiger partial charge is 0.349 e. The van der Waals surface area contributed by atoms with Crippen LogP contribution in [0.1, 0.15) is 29.4 Å². The lowest BCUT2D eigenvalue weighted by atomic mass is 10.1. The van der Waals surface area contributed by atoms with E-state index in [-0.39, 0.29) is 30.0 Å². The minimum absolute atomic E-state index is 0. The third kappa shape index (κ3) is 4.04. The van der Waals surface area contributed by atoms with Gasteiger partial charge in [0.05, 0.1) is 23.3 Å². The molecule has 0 saturated carbocycles. The average molecular weight is 392 g/mol. The number of H-pyrrole nitrogens is 1. The molecule has 3 heterocycles. The quantitative estimate of drug-likeness (QED) is 0.593. The van der Waals surface area contributed by atoms with Crippen LogP contribution in [0.2, 0.25) is 0 Å². The van der Waals surface area contributed by atoms with E-state index in [0.29, 0.717) is 18.8 Å². The summed E-state index contributed by atoms with van der Waals surface area (Å²) in [6.45, 7) is 2.62. The predicted octanol–water partition coefficient (Wildman–Crippen LogP) is 0.697. The maximum atomic E-state index is 12.3. The highest BCUT2D eigenvalue weighted by molar-refractivity contribution is 5.91. The zero-order valence-corrected chi connectivity index (χ0v) is 15.5. The van der Waals surface area contributed by atoms with E-state index in [1.807, 2.05) is 24.3 Å². The summed E-state index contributed by atoms with van der Waals surface area (Å²) in [4.78, 5) is 27.1. The Kier molecular flexibility index (Phi) is 5.92. The van der Waals surface area contributed by atoms with Crippen LogP contribution in [0.5, 0.6) is 0 Å². The number of para-hydroxylation sites is 2. The summed E-state index contributed by atoms with van der Waals surface area (Å²) >= 11 is 0. The van der Waals surface area contributed by atoms with Gasteiger partial charge >= 0.3 is 5.69 Å². The lowest BCUT2D eigenvalue weighted by Crippen LogP contribution is -2.30. The van der Waals surface area contributed by atoms with Gasteiger partial charge in [-0.05, 0) is 38.1 Å². The second-order valence-corrected chi connectivity index (χ2v) is 6.42. The third-order valence-corrected chi connectivity index (χ3v) is 4.73. The first kappa shape index (κ1) is 19.1. The number of aromatic amines is 1. The molecule has 0 bridgehead atoms. The summed E-state index contributed by atoms with van der Waals surface area (Å²) in [5.74, 6) is -0.280. The Morgan fingerprint density at radius 2 is 2.04 bits per heavy atom. The second kappa shape index (κ2) is 8.36. The zero-order chi connectivity index (χ0) is 17.9. The van der Waals surface area contributed by atoms with Crippen molar-refractivity contribution in [3.05, 3.63) is 46.6 Å². The van der Waals surface area contributed by atoms with Crippen molar-refractivity contribution in [3.8, 4) is 0 Å². The van der Waals surface area contributed by atoms with Crippen LogP contribution in [-0.2, 0) is 6.54 Å². The SMILES string of the molecule is Cl.O=C(NCCn1c(=O)[nH]c2ccccc21)c1cn(C2CCNCC2)nn1. The standard InChI is InChI=1S/C17H21N7O2.ClH/c25-16(14-11-24(22-21-14)12-5-7-18-8-6-12)19-9-10-23-15-4-2-1-3-13(15)20-17(23)26;/h1-4,11-12,18H,5-10H2,(H,19,25)(H,20,26);1H. The Morgan fingerprint density at radius 3 is 2.85 bits per heavy atom. The number of hydrogen-bond acceptors (Lipinski definition) is 5. The Morgan fingerprint density at radius 1 is 1.26 bits per heavy atom. The number of carbonyl (C=O) groups is 1. The maximum Gasteiger partial charge on any atom is 0.326 e. The van der Waals surface area contributed by atoms with Gasteiger partial charge in [0.2, 0.25) is 0 Å². The number of carbonyl (C=O) groups excluding carboxylic acids is 1. The van der Waals surface area contributed by atoms with Gasteiger partial charge in [0.15, 0.2) is 5.69 Å². The fraction of sp³-hybridized carbons (Fsp3) is 0.412. The average Bonchev–Trinajstić information content (AvgIpc) is 3.28. The van der Waals surface area contributed by atoms with E-state index in [0.717, 1.165) is 37.0 Å². The second-order valence-electron chi connectivity index (χ2n) is 6.42. The number of nitrogens with zero attached hydrogens (tertiary/aromatic N) is 4. The van der Waals surface area contributed by atoms with Crippen molar-refractivity contribution in [1.29, 1.82) is 0 Å². The van der Waals surface area contributed by atoms with E-state index in [1.165, 1.54) is 0 Å². The summed E-state index contributed by atoms with van der Waals surface area (Å²) in [5, 5.41) is 14.2. The molecule has 0 atom stereocenters. The molecular weight excluding hydrogens is 370 g/mol. The molecule has 1 aliphatic rings. The molecule has 1 amide bonds. The summed E-state index contributed by atoms with van der Waals surface area (Å²) in [6.07, 6.45) is 3.66. The fourth-order valence-electron chi connectivity index (χ4n) is 3.33. The predicted molar refractivity (Wildman–Crippen MR) is 103 cm³/mol. The molecule has 3 N–H and O–H groups in total. The Labute approximate surface area is 161 Å². The lowest BCUT2D eigenvalue weighted by Gasteiger charge is -2.22. The minimum Gasteiger partial charge on any atom is -0.349 e. The molecule has 144 valence electrons. The van der Waals surface area contributed by atoms with Crippen molar-refractivity contribution < 1.29 is 4.79 Å². The van der Waals surface area contributed by atoms with Crippen molar-refractivity contribution in [3.63, 3.8) is 0 Å². The molecule has 0 aliphatic carbocycles. The lowest BCUT2D eigenvalue weighted by molar-refractivity contribution is 0.0947. The smallest absolute Gasteiger partial charge is 0.326 e. The van der Waals surface area contributed by atoms with Crippen LogP contribution in [0, 0.1) is 0 Å². The molecule has 27 heavy (non-hydrogen) atoms. The van der Waals surface area contributed by atoms with Crippen LogP contribution >= 0.6 is 12.4 Å². The van der Waals surface area contributed by atoms with Crippen molar-refractivity contribution in [2.45, 2.75) is 25.4 Å². The third-order valence-electron chi connectivity index (χ3n) is 4.73. The van der Waals surface area contributed by atoms with E-state index in [4.69, 9.17) is 0 Å². The van der Waals surface area contributed by atoms with Gasteiger partial charge in [-0.15, -0.1) is 17.5 Å². The minimum atomic E-state index is -0.280. The Balaban J connectivity index is 0.00000210. The van der Waals surface area contributed by atoms with Crippen LogP contribution in [0.25, 0.3) is 11.0 Å². The molecule has 10 heteroatoms. The summed E-state index contributed by atoms with van der Waals surface area (Å²) in [5.41, 5.74) is 1.73. The van der Waals surface area contributed by atoms with Gasteiger partial charge in [-0.3, -0.25) is 9.36 Å². The van der Waals surface area contributed by atoms with Crippen LogP contribution in [0.4, 0.5) is 0 Å². The number of rotatable bonds is 5. The van der Waals surface area contributed by atoms with Gasteiger partial charge in [-0.2, -0.15) is 0 Å². The Bertz CT molecular complexity index is 971. The Hall–Kier alpha value is -2.65. The van der Waals surface area contributed by atoms with E-state index in [1.54, 1.807) is 15.4 Å². The van der Waals surface area contributed by atoms with Gasteiger partial charge in [0, 0.05) is 13.1 Å². The van der Waals surface area contributed by atoms with Crippen LogP contribution in [0.15, 0.2) is 35.3 Å². The van der Waals surface area contributed by atoms with Crippen LogP contribution < -0.4 is 16.3 Å². The molecule has 0 spiro atoms. The van der Waals surface area contributed by atoms with Gasteiger partial charge in [0.1, 0.15) is 0 Å². The maximum absolute atomic E-state index is 12.3. The molecular formula is C17H22ClN7O2. The summed E-state index contributed by atoms with van der Waals surface area (Å²) < 4.78 is 3.39. The molecule has 0 unspecified atom stereocenters. The topological polar surface area (TPSA) is 110 Å². The fourth-order valence-corrected chi connectivity index (χ4v) is 3.33. The zero-order valence-electron chi connectivity index (χ0n) is 14.7. The number of benzene rings is 1. The number of imidazole rings is 1. The van der Waals surface area contributed by atoms with E-state index < -0.39 is 0 Å². The number of piperidine rings is 1. The van der Waals surface area contributed by atoms with E-state index in [2.05, 4.69) is 25.9 Å². The molecule has 4 rings (SSSR count). The molecule has 1 saturated heterocycles. The molecule has 1 aliphatic heterocycles. The molecule has 1 aromatic carbocycles. The monoisotopic (exact) mass is 391 g/mol. The number of halogens is 1. The summed E-state index contributed by atoms with van der Waals surface area (Å²) in [7, 11) is 0. The van der Waals surface area contributed by atoms with Gasteiger partial charge in [-0.25, -0.2) is 9.48 Å². The van der Waals surface area contributed by atoms with Gasteiger partial charge in [-0.1, -0.05) is 17.3 Å². The van der Waals surface area contributed by atoms with Crippen LogP contribution in [0.3, 0.4) is 0 Å². The van der Waals surface area contributed by atoms with E-state index in [9.17, 15) is 9.59 Å². The van der Waals surface area contributed by atoms with Gasteiger partial charge < -0.3 is 15.6 Å². The highest BCUT2D eigenvalue weighted by atomic mass is 35.5. The number of nitrogens with one attached hydrogen (secondary N) is 3.